The smallest absolute Gasteiger partial charge is 0.329 e. The third-order valence-corrected chi connectivity index (χ3v) is 3.59. The molecule has 6 heteroatoms. The first kappa shape index (κ1) is 19.2. The van der Waals surface area contributed by atoms with E-state index in [9.17, 15) is 9.59 Å². The number of para-hydroxylation sites is 1. The third kappa shape index (κ3) is 5.73. The Morgan fingerprint density at radius 2 is 1.77 bits per heavy atom. The lowest BCUT2D eigenvalue weighted by Crippen LogP contribution is -2.32. The second-order valence-electron chi connectivity index (χ2n) is 5.58. The number of aryl methyl sites for hydroxylation is 1. The van der Waals surface area contributed by atoms with Crippen LogP contribution in [0.2, 0.25) is 0 Å². The van der Waals surface area contributed by atoms with Gasteiger partial charge in [0, 0.05) is 5.69 Å². The van der Waals surface area contributed by atoms with Gasteiger partial charge in [-0.15, -0.1) is 0 Å². The van der Waals surface area contributed by atoms with Gasteiger partial charge in [-0.05, 0) is 54.3 Å². The van der Waals surface area contributed by atoms with Gasteiger partial charge in [0.25, 0.3) is 0 Å². The Labute approximate surface area is 153 Å². The summed E-state index contributed by atoms with van der Waals surface area (Å²) in [5.41, 5.74) is 4.60. The number of benzene rings is 2. The molecule has 0 saturated heterocycles. The van der Waals surface area contributed by atoms with Gasteiger partial charge in [-0.2, -0.15) is 5.10 Å². The van der Waals surface area contributed by atoms with Crippen molar-refractivity contribution in [3.63, 3.8) is 0 Å². The van der Waals surface area contributed by atoms with Gasteiger partial charge in [-0.1, -0.05) is 32.0 Å². The first-order valence-corrected chi connectivity index (χ1v) is 8.59. The second kappa shape index (κ2) is 9.98. The summed E-state index contributed by atoms with van der Waals surface area (Å²) in [5, 5.41) is 6.41. The summed E-state index contributed by atoms with van der Waals surface area (Å²) in [6.07, 6.45) is 3.17. The Kier molecular flexibility index (Phi) is 7.36. The van der Waals surface area contributed by atoms with Crippen molar-refractivity contribution in [2.24, 2.45) is 5.10 Å². The van der Waals surface area contributed by atoms with E-state index in [1.165, 1.54) is 6.21 Å². The van der Waals surface area contributed by atoms with Crippen LogP contribution in [-0.4, -0.2) is 24.6 Å². The van der Waals surface area contributed by atoms with Crippen LogP contribution >= 0.6 is 0 Å². The maximum atomic E-state index is 12.0. The molecular formula is C20H23N3O3. The molecule has 6 nitrogen and oxygen atoms in total. The largest absolute Gasteiger partial charge is 0.494 e. The number of hydrogen-bond acceptors (Lipinski definition) is 4. The van der Waals surface area contributed by atoms with Crippen LogP contribution in [0.1, 0.15) is 31.4 Å². The fourth-order valence-electron chi connectivity index (χ4n) is 2.22. The van der Waals surface area contributed by atoms with E-state index in [0.29, 0.717) is 12.3 Å². The van der Waals surface area contributed by atoms with E-state index in [1.807, 2.05) is 50.2 Å². The SMILES string of the molecule is CCCOc1ccc(/C=N\NC(=O)C(=O)Nc2ccccc2CC)cc1. The molecule has 136 valence electrons. The van der Waals surface area contributed by atoms with Crippen LogP contribution in [0.15, 0.2) is 53.6 Å². The summed E-state index contributed by atoms with van der Waals surface area (Å²) < 4.78 is 5.49. The number of anilines is 1. The van der Waals surface area contributed by atoms with Crippen LogP contribution in [0.25, 0.3) is 0 Å². The molecule has 2 N–H and O–H groups in total. The number of carbonyl (C=O) groups is 2. The summed E-state index contributed by atoms with van der Waals surface area (Å²) >= 11 is 0. The highest BCUT2D eigenvalue weighted by Gasteiger charge is 2.14. The van der Waals surface area contributed by atoms with Crippen LogP contribution in [0.5, 0.6) is 5.75 Å². The van der Waals surface area contributed by atoms with Crippen molar-refractivity contribution in [1.82, 2.24) is 5.43 Å². The quantitative estimate of drug-likeness (QED) is 0.456. The van der Waals surface area contributed by atoms with Crippen LogP contribution < -0.4 is 15.5 Å². The maximum absolute atomic E-state index is 12.0. The zero-order valence-corrected chi connectivity index (χ0v) is 15.0. The van der Waals surface area contributed by atoms with E-state index >= 15 is 0 Å². The topological polar surface area (TPSA) is 79.8 Å². The zero-order chi connectivity index (χ0) is 18.8. The third-order valence-electron chi connectivity index (χ3n) is 3.59. The molecule has 2 rings (SSSR count). The monoisotopic (exact) mass is 353 g/mol. The van der Waals surface area contributed by atoms with Crippen molar-refractivity contribution < 1.29 is 14.3 Å². The average Bonchev–Trinajstić information content (AvgIpc) is 2.67. The molecule has 0 heterocycles. The number of nitrogens with zero attached hydrogens (tertiary/aromatic N) is 1. The Hall–Kier alpha value is -3.15. The lowest BCUT2D eigenvalue weighted by Gasteiger charge is -2.08. The molecule has 2 aromatic carbocycles. The lowest BCUT2D eigenvalue weighted by atomic mass is 10.1. The normalized spacial score (nSPS) is 10.5. The number of amides is 2. The fourth-order valence-corrected chi connectivity index (χ4v) is 2.22. The molecule has 0 atom stereocenters. The van der Waals surface area contributed by atoms with Gasteiger partial charge in [-0.3, -0.25) is 9.59 Å². The molecule has 2 aromatic rings. The molecule has 0 saturated carbocycles. The van der Waals surface area contributed by atoms with Crippen LogP contribution in [-0.2, 0) is 16.0 Å². The van der Waals surface area contributed by atoms with E-state index in [-0.39, 0.29) is 0 Å². The minimum absolute atomic E-state index is 0.627. The molecule has 26 heavy (non-hydrogen) atoms. The van der Waals surface area contributed by atoms with Crippen LogP contribution in [0.3, 0.4) is 0 Å². The minimum atomic E-state index is -0.824. The molecule has 0 aliphatic carbocycles. The second-order valence-corrected chi connectivity index (χ2v) is 5.58. The number of ether oxygens (including phenoxy) is 1. The van der Waals surface area contributed by atoms with Crippen molar-refractivity contribution in [3.8, 4) is 5.75 Å². The molecule has 0 fully saturated rings. The molecule has 0 aliphatic heterocycles. The molecular weight excluding hydrogens is 330 g/mol. The number of nitrogens with one attached hydrogen (secondary N) is 2. The number of hydrazone groups is 1. The van der Waals surface area contributed by atoms with Gasteiger partial charge in [0.1, 0.15) is 5.75 Å². The maximum Gasteiger partial charge on any atom is 0.329 e. The Balaban J connectivity index is 1.87. The summed E-state index contributed by atoms with van der Waals surface area (Å²) in [4.78, 5) is 23.8. The van der Waals surface area contributed by atoms with E-state index in [0.717, 1.165) is 29.7 Å². The summed E-state index contributed by atoms with van der Waals surface area (Å²) in [5.74, 6) is -0.802. The standard InChI is InChI=1S/C20H23N3O3/c1-3-13-26-17-11-9-15(10-12-17)14-21-23-20(25)19(24)22-18-8-6-5-7-16(18)4-2/h5-12,14H,3-4,13H2,1-2H3,(H,22,24)(H,23,25)/b21-14-. The Bertz CT molecular complexity index is 770. The Morgan fingerprint density at radius 3 is 2.46 bits per heavy atom. The van der Waals surface area contributed by atoms with Crippen molar-refractivity contribution in [3.05, 3.63) is 59.7 Å². The highest BCUT2D eigenvalue weighted by molar-refractivity contribution is 6.39. The highest BCUT2D eigenvalue weighted by Crippen LogP contribution is 2.15. The van der Waals surface area contributed by atoms with Gasteiger partial charge in [0.2, 0.25) is 0 Å². The van der Waals surface area contributed by atoms with Gasteiger partial charge in [-0.25, -0.2) is 5.43 Å². The van der Waals surface area contributed by atoms with Crippen molar-refractivity contribution in [2.75, 3.05) is 11.9 Å². The van der Waals surface area contributed by atoms with Crippen molar-refractivity contribution in [2.45, 2.75) is 26.7 Å². The lowest BCUT2D eigenvalue weighted by molar-refractivity contribution is -0.136. The van der Waals surface area contributed by atoms with E-state index < -0.39 is 11.8 Å². The summed E-state index contributed by atoms with van der Waals surface area (Å²) in [7, 11) is 0. The average molecular weight is 353 g/mol. The molecule has 0 aromatic heterocycles. The van der Waals surface area contributed by atoms with Crippen molar-refractivity contribution >= 4 is 23.7 Å². The predicted molar refractivity (Wildman–Crippen MR) is 102 cm³/mol. The van der Waals surface area contributed by atoms with Gasteiger partial charge >= 0.3 is 11.8 Å². The van der Waals surface area contributed by atoms with Crippen molar-refractivity contribution in [1.29, 1.82) is 0 Å². The minimum Gasteiger partial charge on any atom is -0.494 e. The van der Waals surface area contributed by atoms with E-state index in [4.69, 9.17) is 4.74 Å². The summed E-state index contributed by atoms with van der Waals surface area (Å²) in [6, 6.07) is 14.6. The first-order valence-electron chi connectivity index (χ1n) is 8.59. The van der Waals surface area contributed by atoms with E-state index in [1.54, 1.807) is 12.1 Å². The Morgan fingerprint density at radius 1 is 1.04 bits per heavy atom. The van der Waals surface area contributed by atoms with Crippen LogP contribution in [0, 0.1) is 0 Å². The van der Waals surface area contributed by atoms with Gasteiger partial charge < -0.3 is 10.1 Å². The molecule has 0 aliphatic rings. The first-order chi connectivity index (χ1) is 12.6. The predicted octanol–water partition coefficient (Wildman–Crippen LogP) is 3.13. The molecule has 2 amide bonds. The highest BCUT2D eigenvalue weighted by atomic mass is 16.5. The molecule has 0 radical (unpaired) electrons. The molecule has 0 bridgehead atoms. The summed E-state index contributed by atoms with van der Waals surface area (Å²) in [6.45, 7) is 4.69. The number of hydrogen-bond donors (Lipinski definition) is 2. The van der Waals surface area contributed by atoms with Crippen LogP contribution in [0.4, 0.5) is 5.69 Å². The van der Waals surface area contributed by atoms with E-state index in [2.05, 4.69) is 15.8 Å². The molecule has 0 unspecified atom stereocenters. The number of carbonyl (C=O) groups excluding carboxylic acids is 2. The van der Waals surface area contributed by atoms with Gasteiger partial charge in [0.05, 0.1) is 12.8 Å². The van der Waals surface area contributed by atoms with Gasteiger partial charge in [0.15, 0.2) is 0 Å². The number of rotatable bonds is 7. The molecule has 0 spiro atoms. The zero-order valence-electron chi connectivity index (χ0n) is 15.0. The fraction of sp³-hybridized carbons (Fsp3) is 0.250.